The number of hydrogen-bond acceptors (Lipinski definition) is 4. The van der Waals surface area contributed by atoms with Crippen molar-refractivity contribution >= 4 is 39.7 Å². The van der Waals surface area contributed by atoms with Gasteiger partial charge in [0, 0.05) is 17.0 Å². The first-order valence-corrected chi connectivity index (χ1v) is 8.14. The van der Waals surface area contributed by atoms with Gasteiger partial charge in [-0.25, -0.2) is 4.98 Å². The molecule has 0 spiro atoms. The number of anilines is 1. The number of nitrogens with zero attached hydrogens (tertiary/aromatic N) is 1. The van der Waals surface area contributed by atoms with Crippen molar-refractivity contribution in [3.8, 4) is 17.0 Å². The molecule has 0 amide bonds. The number of nitrogens with two attached hydrogens (primary N) is 1. The smallest absolute Gasteiger partial charge is 0.180 e. The van der Waals surface area contributed by atoms with Gasteiger partial charge >= 0.3 is 0 Å². The summed E-state index contributed by atoms with van der Waals surface area (Å²) in [7, 11) is 0. The topological polar surface area (TPSA) is 48.1 Å². The molecule has 0 fully saturated rings. The molecule has 2 N–H and O–H groups in total. The van der Waals surface area contributed by atoms with Crippen LogP contribution in [0.4, 0.5) is 5.13 Å². The molecule has 0 aliphatic carbocycles. The molecule has 1 aromatic heterocycles. The van der Waals surface area contributed by atoms with E-state index in [2.05, 4.69) is 4.98 Å². The number of halogens is 2. The van der Waals surface area contributed by atoms with Crippen LogP contribution in [0.25, 0.3) is 11.3 Å². The van der Waals surface area contributed by atoms with Crippen LogP contribution >= 0.6 is 34.5 Å². The highest BCUT2D eigenvalue weighted by Crippen LogP contribution is 2.37. The van der Waals surface area contributed by atoms with Crippen molar-refractivity contribution in [3.05, 3.63) is 63.5 Å². The Morgan fingerprint density at radius 3 is 2.55 bits per heavy atom. The van der Waals surface area contributed by atoms with Crippen LogP contribution in [0.1, 0.15) is 5.56 Å². The molecular weight excluding hydrogens is 339 g/mol. The third-order valence-corrected chi connectivity index (χ3v) is 4.34. The van der Waals surface area contributed by atoms with E-state index in [-0.39, 0.29) is 0 Å². The van der Waals surface area contributed by atoms with Crippen molar-refractivity contribution in [2.24, 2.45) is 0 Å². The summed E-state index contributed by atoms with van der Waals surface area (Å²) < 4.78 is 5.74. The fourth-order valence-corrected chi connectivity index (χ4v) is 3.01. The molecule has 0 aliphatic rings. The summed E-state index contributed by atoms with van der Waals surface area (Å²) in [5.41, 5.74) is 8.17. The zero-order valence-corrected chi connectivity index (χ0v) is 13.8. The normalized spacial score (nSPS) is 10.6. The van der Waals surface area contributed by atoms with E-state index >= 15 is 0 Å². The number of thiazole rings is 1. The summed E-state index contributed by atoms with van der Waals surface area (Å²) in [6.07, 6.45) is 0. The average Bonchev–Trinajstić information content (AvgIpc) is 2.95. The van der Waals surface area contributed by atoms with E-state index in [0.29, 0.717) is 33.2 Å². The third-order valence-electron chi connectivity index (χ3n) is 3.06. The summed E-state index contributed by atoms with van der Waals surface area (Å²) >= 11 is 14.0. The van der Waals surface area contributed by atoms with E-state index in [9.17, 15) is 0 Å². The van der Waals surface area contributed by atoms with Crippen molar-refractivity contribution in [2.45, 2.75) is 6.61 Å². The molecule has 0 unspecified atom stereocenters. The van der Waals surface area contributed by atoms with Crippen molar-refractivity contribution in [2.75, 3.05) is 5.73 Å². The highest BCUT2D eigenvalue weighted by molar-refractivity contribution is 7.13. The molecule has 6 heteroatoms. The fourth-order valence-electron chi connectivity index (χ4n) is 1.98. The maximum absolute atomic E-state index is 6.31. The number of hydrogen-bond donors (Lipinski definition) is 1. The summed E-state index contributed by atoms with van der Waals surface area (Å²) in [4.78, 5) is 4.22. The highest BCUT2D eigenvalue weighted by atomic mass is 35.5. The molecular formula is C16H12Cl2N2OS. The standard InChI is InChI=1S/C16H12Cl2N2OS/c17-12-7-15(21-8-10-4-2-1-3-5-10)13(18)6-11(12)14-9-22-16(19)20-14/h1-7,9H,8H2,(H2,19,20). The Balaban J connectivity index is 1.83. The molecule has 22 heavy (non-hydrogen) atoms. The Bertz CT molecular complexity index is 790. The van der Waals surface area contributed by atoms with E-state index < -0.39 is 0 Å². The lowest BCUT2D eigenvalue weighted by atomic mass is 10.1. The highest BCUT2D eigenvalue weighted by Gasteiger charge is 2.12. The summed E-state index contributed by atoms with van der Waals surface area (Å²) in [5, 5.41) is 3.35. The van der Waals surface area contributed by atoms with Crippen molar-refractivity contribution in [1.82, 2.24) is 4.98 Å². The second-order valence-electron chi connectivity index (χ2n) is 4.61. The van der Waals surface area contributed by atoms with E-state index in [4.69, 9.17) is 33.7 Å². The van der Waals surface area contributed by atoms with Gasteiger partial charge in [-0.1, -0.05) is 53.5 Å². The fraction of sp³-hybridized carbons (Fsp3) is 0.0625. The van der Waals surface area contributed by atoms with Gasteiger partial charge in [0.25, 0.3) is 0 Å². The number of aromatic nitrogens is 1. The minimum absolute atomic E-state index is 0.430. The molecule has 2 aromatic carbocycles. The minimum Gasteiger partial charge on any atom is -0.487 e. The zero-order chi connectivity index (χ0) is 15.5. The Hall–Kier alpha value is -1.75. The largest absolute Gasteiger partial charge is 0.487 e. The summed E-state index contributed by atoms with van der Waals surface area (Å²) in [6.45, 7) is 0.430. The van der Waals surface area contributed by atoms with Crippen LogP contribution in [0.2, 0.25) is 10.0 Å². The Labute approximate surface area is 142 Å². The van der Waals surface area contributed by atoms with Crippen molar-refractivity contribution in [1.29, 1.82) is 0 Å². The predicted octanol–water partition coefficient (Wildman–Crippen LogP) is 5.28. The molecule has 3 aromatic rings. The van der Waals surface area contributed by atoms with E-state index in [0.717, 1.165) is 11.1 Å². The molecule has 0 saturated heterocycles. The van der Waals surface area contributed by atoms with E-state index in [1.807, 2.05) is 35.7 Å². The van der Waals surface area contributed by atoms with Crippen molar-refractivity contribution in [3.63, 3.8) is 0 Å². The van der Waals surface area contributed by atoms with Crippen LogP contribution in [0, 0.1) is 0 Å². The Morgan fingerprint density at radius 2 is 1.86 bits per heavy atom. The lowest BCUT2D eigenvalue weighted by Gasteiger charge is -2.10. The monoisotopic (exact) mass is 350 g/mol. The van der Waals surface area contributed by atoms with Gasteiger partial charge in [-0.2, -0.15) is 0 Å². The van der Waals surface area contributed by atoms with Gasteiger partial charge in [0.2, 0.25) is 0 Å². The average molecular weight is 351 g/mol. The molecule has 0 radical (unpaired) electrons. The Kier molecular flexibility index (Phi) is 4.52. The van der Waals surface area contributed by atoms with Crippen LogP contribution in [-0.4, -0.2) is 4.98 Å². The minimum atomic E-state index is 0.430. The molecule has 3 rings (SSSR count). The number of rotatable bonds is 4. The summed E-state index contributed by atoms with van der Waals surface area (Å²) in [6, 6.07) is 13.3. The predicted molar refractivity (Wildman–Crippen MR) is 92.8 cm³/mol. The number of ether oxygens (including phenoxy) is 1. The molecule has 0 atom stereocenters. The first kappa shape index (κ1) is 15.2. The maximum Gasteiger partial charge on any atom is 0.180 e. The van der Waals surface area contributed by atoms with Crippen LogP contribution in [0.15, 0.2) is 47.8 Å². The van der Waals surface area contributed by atoms with Crippen LogP contribution < -0.4 is 10.5 Å². The van der Waals surface area contributed by atoms with E-state index in [1.165, 1.54) is 11.3 Å². The second kappa shape index (κ2) is 6.57. The van der Waals surface area contributed by atoms with Gasteiger partial charge in [-0.15, -0.1) is 11.3 Å². The Morgan fingerprint density at radius 1 is 1.09 bits per heavy atom. The second-order valence-corrected chi connectivity index (χ2v) is 6.31. The molecule has 1 heterocycles. The van der Waals surface area contributed by atoms with Crippen LogP contribution in [-0.2, 0) is 6.61 Å². The maximum atomic E-state index is 6.31. The molecule has 3 nitrogen and oxygen atoms in total. The lowest BCUT2D eigenvalue weighted by Crippen LogP contribution is -1.96. The first-order chi connectivity index (χ1) is 10.6. The van der Waals surface area contributed by atoms with Gasteiger partial charge in [0.05, 0.1) is 15.7 Å². The van der Waals surface area contributed by atoms with Crippen molar-refractivity contribution < 1.29 is 4.74 Å². The van der Waals surface area contributed by atoms with Gasteiger partial charge in [0.1, 0.15) is 12.4 Å². The number of nitrogen functional groups attached to an aromatic ring is 1. The van der Waals surface area contributed by atoms with Crippen LogP contribution in [0.5, 0.6) is 5.75 Å². The SMILES string of the molecule is Nc1nc(-c2cc(Cl)c(OCc3ccccc3)cc2Cl)cs1. The quantitative estimate of drug-likeness (QED) is 0.696. The summed E-state index contributed by atoms with van der Waals surface area (Å²) in [5.74, 6) is 0.544. The van der Waals surface area contributed by atoms with Gasteiger partial charge in [-0.3, -0.25) is 0 Å². The molecule has 0 aliphatic heterocycles. The van der Waals surface area contributed by atoms with Gasteiger partial charge < -0.3 is 10.5 Å². The zero-order valence-electron chi connectivity index (χ0n) is 11.4. The van der Waals surface area contributed by atoms with Gasteiger partial charge in [0.15, 0.2) is 5.13 Å². The van der Waals surface area contributed by atoms with E-state index in [1.54, 1.807) is 12.1 Å². The molecule has 112 valence electrons. The molecule has 0 saturated carbocycles. The number of benzene rings is 2. The third kappa shape index (κ3) is 3.35. The molecule has 0 bridgehead atoms. The van der Waals surface area contributed by atoms with Gasteiger partial charge in [-0.05, 0) is 11.6 Å². The first-order valence-electron chi connectivity index (χ1n) is 6.50. The lowest BCUT2D eigenvalue weighted by molar-refractivity contribution is 0.306. The van der Waals surface area contributed by atoms with Crippen LogP contribution in [0.3, 0.4) is 0 Å².